The van der Waals surface area contributed by atoms with Crippen LogP contribution in [0.3, 0.4) is 0 Å². The maximum Gasteiger partial charge on any atom is 0.416 e. The third kappa shape index (κ3) is 2.84. The van der Waals surface area contributed by atoms with Gasteiger partial charge in [-0.25, -0.2) is 0 Å². The zero-order chi connectivity index (χ0) is 12.3. The van der Waals surface area contributed by atoms with E-state index in [0.29, 0.717) is 12.3 Å². The first-order chi connectivity index (χ1) is 8.07. The van der Waals surface area contributed by atoms with Crippen molar-refractivity contribution < 1.29 is 13.2 Å². The summed E-state index contributed by atoms with van der Waals surface area (Å²) in [4.78, 5) is 4.08. The molecule has 1 aromatic rings. The molecule has 0 unspecified atom stereocenters. The highest BCUT2D eigenvalue weighted by Crippen LogP contribution is 2.32. The Morgan fingerprint density at radius 3 is 2.53 bits per heavy atom. The smallest absolute Gasteiger partial charge is 0.281 e. The minimum atomic E-state index is -4.33. The molecule has 4 heteroatoms. The van der Waals surface area contributed by atoms with Gasteiger partial charge in [-0.1, -0.05) is 30.4 Å². The predicted molar refractivity (Wildman–Crippen MR) is 61.9 cm³/mol. The number of halogens is 3. The van der Waals surface area contributed by atoms with Gasteiger partial charge in [-0.3, -0.25) is 4.99 Å². The minimum Gasteiger partial charge on any atom is -0.281 e. The minimum absolute atomic E-state index is 0.156. The van der Waals surface area contributed by atoms with E-state index in [2.05, 4.69) is 4.99 Å². The topological polar surface area (TPSA) is 12.4 Å². The molecular weight excluding hydrogens is 227 g/mol. The fourth-order valence-corrected chi connectivity index (χ4v) is 1.57. The quantitative estimate of drug-likeness (QED) is 0.743. The van der Waals surface area contributed by atoms with Crippen LogP contribution in [0, 0.1) is 0 Å². The molecule has 0 saturated carbocycles. The van der Waals surface area contributed by atoms with Crippen LogP contribution >= 0.6 is 0 Å². The average Bonchev–Trinajstić information content (AvgIpc) is 2.78. The molecule has 1 aliphatic heterocycles. The van der Waals surface area contributed by atoms with E-state index in [1.165, 1.54) is 18.2 Å². The molecular formula is C13H10F3N. The number of rotatable bonds is 2. The van der Waals surface area contributed by atoms with Crippen molar-refractivity contribution in [3.05, 3.63) is 53.6 Å². The van der Waals surface area contributed by atoms with Crippen molar-refractivity contribution >= 4 is 11.8 Å². The fourth-order valence-electron chi connectivity index (χ4n) is 1.57. The highest BCUT2D eigenvalue weighted by atomic mass is 19.4. The number of alkyl halides is 3. The molecule has 2 rings (SSSR count). The van der Waals surface area contributed by atoms with Crippen molar-refractivity contribution in [2.24, 2.45) is 4.99 Å². The molecule has 0 aromatic heterocycles. The first-order valence-corrected chi connectivity index (χ1v) is 5.13. The van der Waals surface area contributed by atoms with Crippen LogP contribution in [0.1, 0.15) is 11.1 Å². The molecule has 0 bridgehead atoms. The van der Waals surface area contributed by atoms with Crippen LogP contribution in [0.15, 0.2) is 47.5 Å². The van der Waals surface area contributed by atoms with Gasteiger partial charge in [0.15, 0.2) is 0 Å². The van der Waals surface area contributed by atoms with Crippen LogP contribution in [0.5, 0.6) is 0 Å². The van der Waals surface area contributed by atoms with Crippen LogP contribution in [0.2, 0.25) is 0 Å². The summed E-state index contributed by atoms with van der Waals surface area (Å²) in [6.07, 6.45) is 2.35. The lowest BCUT2D eigenvalue weighted by Gasteiger charge is -2.09. The number of hydrogen-bond donors (Lipinski definition) is 0. The Kier molecular flexibility index (Phi) is 3.13. The molecule has 1 aromatic carbocycles. The molecule has 0 spiro atoms. The summed E-state index contributed by atoms with van der Waals surface area (Å²) in [5.41, 5.74) is 0.226. The second-order valence-electron chi connectivity index (χ2n) is 3.59. The zero-order valence-corrected chi connectivity index (χ0v) is 8.91. The van der Waals surface area contributed by atoms with E-state index in [4.69, 9.17) is 0 Å². The zero-order valence-electron chi connectivity index (χ0n) is 8.91. The van der Waals surface area contributed by atoms with Gasteiger partial charge < -0.3 is 0 Å². The van der Waals surface area contributed by atoms with Crippen molar-refractivity contribution in [2.75, 3.05) is 6.54 Å². The SMILES string of the molecule is FC(F)(F)c1ccccc1/C=C/C1=NCC=C1. The largest absolute Gasteiger partial charge is 0.416 e. The molecule has 1 nitrogen and oxygen atoms in total. The van der Waals surface area contributed by atoms with E-state index >= 15 is 0 Å². The monoisotopic (exact) mass is 237 g/mol. The first kappa shape index (κ1) is 11.6. The molecule has 1 aliphatic rings. The summed E-state index contributed by atoms with van der Waals surface area (Å²) < 4.78 is 38.0. The van der Waals surface area contributed by atoms with E-state index in [1.807, 2.05) is 6.08 Å². The van der Waals surface area contributed by atoms with Crippen LogP contribution in [0.4, 0.5) is 13.2 Å². The predicted octanol–water partition coefficient (Wildman–Crippen LogP) is 3.73. The number of aliphatic imine (C=N–C) groups is 1. The Bertz CT molecular complexity index is 496. The standard InChI is InChI=1S/C13H10F3N/c14-13(15,16)12-6-2-1-4-10(12)7-8-11-5-3-9-17-11/h1-8H,9H2/b8-7+. The Balaban J connectivity index is 2.29. The van der Waals surface area contributed by atoms with Gasteiger partial charge in [-0.15, -0.1) is 0 Å². The molecule has 0 saturated heterocycles. The molecule has 0 N–H and O–H groups in total. The third-order valence-corrected chi connectivity index (χ3v) is 2.37. The summed E-state index contributed by atoms with van der Waals surface area (Å²) in [6.45, 7) is 0.598. The average molecular weight is 237 g/mol. The molecule has 0 amide bonds. The van der Waals surface area contributed by atoms with E-state index in [-0.39, 0.29) is 5.56 Å². The van der Waals surface area contributed by atoms with Crippen molar-refractivity contribution in [1.29, 1.82) is 0 Å². The third-order valence-electron chi connectivity index (χ3n) is 2.37. The van der Waals surface area contributed by atoms with Crippen molar-refractivity contribution in [3.63, 3.8) is 0 Å². The van der Waals surface area contributed by atoms with Crippen LogP contribution in [-0.2, 0) is 6.18 Å². The Morgan fingerprint density at radius 1 is 1.12 bits per heavy atom. The number of allylic oxidation sites excluding steroid dienone is 2. The van der Waals surface area contributed by atoms with E-state index in [9.17, 15) is 13.2 Å². The second kappa shape index (κ2) is 4.57. The second-order valence-corrected chi connectivity index (χ2v) is 3.59. The fraction of sp³-hybridized carbons (Fsp3) is 0.154. The summed E-state index contributed by atoms with van der Waals surface area (Å²) in [5.74, 6) is 0. The maximum absolute atomic E-state index is 12.7. The lowest BCUT2D eigenvalue weighted by Crippen LogP contribution is -2.06. The van der Waals surface area contributed by atoms with Gasteiger partial charge in [0.2, 0.25) is 0 Å². The highest BCUT2D eigenvalue weighted by Gasteiger charge is 2.32. The van der Waals surface area contributed by atoms with Crippen molar-refractivity contribution in [3.8, 4) is 0 Å². The van der Waals surface area contributed by atoms with Gasteiger partial charge in [0, 0.05) is 0 Å². The first-order valence-electron chi connectivity index (χ1n) is 5.13. The van der Waals surface area contributed by atoms with Gasteiger partial charge in [-0.05, 0) is 23.8 Å². The summed E-state index contributed by atoms with van der Waals surface area (Å²) >= 11 is 0. The molecule has 1 heterocycles. The van der Waals surface area contributed by atoms with Gasteiger partial charge in [0.05, 0.1) is 17.8 Å². The lowest BCUT2D eigenvalue weighted by atomic mass is 10.1. The van der Waals surface area contributed by atoms with Gasteiger partial charge in [0.25, 0.3) is 0 Å². The van der Waals surface area contributed by atoms with E-state index < -0.39 is 11.7 Å². The highest BCUT2D eigenvalue weighted by molar-refractivity contribution is 6.07. The summed E-state index contributed by atoms with van der Waals surface area (Å²) in [7, 11) is 0. The normalized spacial score (nSPS) is 15.6. The summed E-state index contributed by atoms with van der Waals surface area (Å²) in [6, 6.07) is 5.49. The van der Waals surface area contributed by atoms with Gasteiger partial charge in [-0.2, -0.15) is 13.2 Å². The Labute approximate surface area is 97.0 Å². The van der Waals surface area contributed by atoms with Crippen molar-refractivity contribution in [1.82, 2.24) is 0 Å². The van der Waals surface area contributed by atoms with E-state index in [1.54, 1.807) is 18.2 Å². The van der Waals surface area contributed by atoms with E-state index in [0.717, 1.165) is 6.07 Å². The van der Waals surface area contributed by atoms with Crippen molar-refractivity contribution in [2.45, 2.75) is 6.18 Å². The molecule has 88 valence electrons. The van der Waals surface area contributed by atoms with Crippen LogP contribution in [-0.4, -0.2) is 12.3 Å². The van der Waals surface area contributed by atoms with Crippen LogP contribution < -0.4 is 0 Å². The molecule has 17 heavy (non-hydrogen) atoms. The number of hydrogen-bond acceptors (Lipinski definition) is 1. The molecule has 0 fully saturated rings. The number of benzene rings is 1. The van der Waals surface area contributed by atoms with Crippen LogP contribution in [0.25, 0.3) is 6.08 Å². The molecule has 0 atom stereocenters. The lowest BCUT2D eigenvalue weighted by molar-refractivity contribution is -0.137. The Hall–Kier alpha value is -1.84. The summed E-state index contributed by atoms with van der Waals surface area (Å²) in [5, 5.41) is 0. The Morgan fingerprint density at radius 2 is 1.88 bits per heavy atom. The molecule has 0 radical (unpaired) electrons. The maximum atomic E-state index is 12.7. The number of nitrogens with zero attached hydrogens (tertiary/aromatic N) is 1. The van der Waals surface area contributed by atoms with Gasteiger partial charge >= 0.3 is 6.18 Å². The molecule has 0 aliphatic carbocycles. The van der Waals surface area contributed by atoms with Gasteiger partial charge in [0.1, 0.15) is 0 Å².